The van der Waals surface area contributed by atoms with Crippen LogP contribution in [0.5, 0.6) is 5.88 Å². The van der Waals surface area contributed by atoms with Crippen molar-refractivity contribution in [2.75, 3.05) is 0 Å². The highest BCUT2D eigenvalue weighted by atomic mass is 35.5. The van der Waals surface area contributed by atoms with Crippen LogP contribution >= 0.6 is 23.2 Å². The van der Waals surface area contributed by atoms with Crippen molar-refractivity contribution in [3.05, 3.63) is 69.7 Å². The second kappa shape index (κ2) is 9.16. The molecule has 2 N–H and O–H groups in total. The fourth-order valence-electron chi connectivity index (χ4n) is 4.08. The van der Waals surface area contributed by atoms with E-state index in [0.717, 1.165) is 11.1 Å². The fourth-order valence-corrected chi connectivity index (χ4v) is 4.38. The van der Waals surface area contributed by atoms with E-state index in [-0.39, 0.29) is 0 Å². The maximum absolute atomic E-state index is 12.7. The Morgan fingerprint density at radius 3 is 2.43 bits per heavy atom. The first kappa shape index (κ1) is 25.0. The number of nitrogens with zero attached hydrogens (tertiary/aromatic N) is 2. The number of aliphatic hydroxyl groups is 1. The predicted octanol–water partition coefficient (Wildman–Crippen LogP) is 6.08. The minimum atomic E-state index is -1.54. The quantitative estimate of drug-likeness (QED) is 0.443. The van der Waals surface area contributed by atoms with Crippen molar-refractivity contribution in [3.8, 4) is 34.3 Å². The molecule has 1 aliphatic rings. The van der Waals surface area contributed by atoms with Gasteiger partial charge in [0.2, 0.25) is 5.88 Å². The van der Waals surface area contributed by atoms with Gasteiger partial charge in [0.1, 0.15) is 11.2 Å². The number of halogens is 2. The van der Waals surface area contributed by atoms with E-state index in [1.54, 1.807) is 30.3 Å². The van der Waals surface area contributed by atoms with Crippen molar-refractivity contribution in [1.82, 2.24) is 10.3 Å². The van der Waals surface area contributed by atoms with Crippen molar-refractivity contribution >= 4 is 29.1 Å². The lowest BCUT2D eigenvalue weighted by Crippen LogP contribution is -2.47. The van der Waals surface area contributed by atoms with Crippen molar-refractivity contribution in [2.24, 2.45) is 0 Å². The molecule has 2 heterocycles. The zero-order chi connectivity index (χ0) is 25.5. The molecule has 0 saturated heterocycles. The van der Waals surface area contributed by atoms with E-state index in [9.17, 15) is 15.2 Å². The van der Waals surface area contributed by atoms with Gasteiger partial charge in [0.25, 0.3) is 5.91 Å². The Bertz CT molecular complexity index is 1340. The van der Waals surface area contributed by atoms with Crippen LogP contribution in [0, 0.1) is 11.3 Å². The smallest absolute Gasteiger partial charge is 0.251 e. The first-order chi connectivity index (χ1) is 16.4. The summed E-state index contributed by atoms with van der Waals surface area (Å²) in [5, 5.41) is 24.0. The van der Waals surface area contributed by atoms with Crippen molar-refractivity contribution < 1.29 is 14.6 Å². The second-order valence-corrected chi connectivity index (χ2v) is 10.6. The van der Waals surface area contributed by atoms with Gasteiger partial charge in [0, 0.05) is 33.2 Å². The lowest BCUT2D eigenvalue weighted by Gasteiger charge is -2.38. The van der Waals surface area contributed by atoms with Crippen LogP contribution in [0.4, 0.5) is 0 Å². The Morgan fingerprint density at radius 2 is 1.80 bits per heavy atom. The third-order valence-corrected chi connectivity index (χ3v) is 6.32. The minimum absolute atomic E-state index is 0.355. The summed E-state index contributed by atoms with van der Waals surface area (Å²) >= 11 is 12.3. The normalized spacial score (nSPS) is 16.6. The number of hydrogen-bond donors (Lipinski definition) is 2. The van der Waals surface area contributed by atoms with E-state index in [0.29, 0.717) is 44.7 Å². The van der Waals surface area contributed by atoms with E-state index in [2.05, 4.69) is 11.4 Å². The SMILES string of the molecule is CC1(C)CC(NC(=O)C(C)(C)O)c2cc(-c3ccc(Cl)cc3)c(-c3ccc(Cl)cc3C#N)nc2O1. The molecule has 8 heteroatoms. The van der Waals surface area contributed by atoms with Crippen LogP contribution in [0.3, 0.4) is 0 Å². The van der Waals surface area contributed by atoms with Gasteiger partial charge in [-0.2, -0.15) is 5.26 Å². The van der Waals surface area contributed by atoms with E-state index in [1.165, 1.54) is 13.8 Å². The summed E-state index contributed by atoms with van der Waals surface area (Å²) in [4.78, 5) is 17.5. The van der Waals surface area contributed by atoms with Gasteiger partial charge in [0.15, 0.2) is 0 Å². The Kier molecular flexibility index (Phi) is 6.54. The summed E-state index contributed by atoms with van der Waals surface area (Å²) in [6.45, 7) is 6.71. The van der Waals surface area contributed by atoms with Gasteiger partial charge in [-0.3, -0.25) is 4.79 Å². The standard InChI is InChI=1S/C27H25Cl2N3O3/c1-26(2)13-22(31-25(33)27(3,4)34)21-12-20(15-5-7-17(28)8-6-15)23(32-24(21)35-26)19-10-9-18(29)11-16(19)14-30/h5-12,22,34H,13H2,1-4H3,(H,31,33). The van der Waals surface area contributed by atoms with Crippen molar-refractivity contribution in [3.63, 3.8) is 0 Å². The van der Waals surface area contributed by atoms with Gasteiger partial charge in [-0.25, -0.2) is 4.98 Å². The average Bonchev–Trinajstić information content (AvgIpc) is 2.77. The van der Waals surface area contributed by atoms with Crippen LogP contribution in [-0.2, 0) is 4.79 Å². The third-order valence-electron chi connectivity index (χ3n) is 5.83. The topological polar surface area (TPSA) is 95.2 Å². The zero-order valence-corrected chi connectivity index (χ0v) is 21.3. The molecule has 3 aromatic rings. The number of carbonyl (C=O) groups excluding carboxylic acids is 1. The van der Waals surface area contributed by atoms with Crippen molar-refractivity contribution in [2.45, 2.75) is 51.4 Å². The number of nitrogens with one attached hydrogen (secondary N) is 1. The van der Waals surface area contributed by atoms with Crippen LogP contribution in [-0.4, -0.2) is 27.2 Å². The van der Waals surface area contributed by atoms with Gasteiger partial charge in [-0.05, 0) is 69.7 Å². The van der Waals surface area contributed by atoms with Crippen LogP contribution < -0.4 is 10.1 Å². The Hall–Kier alpha value is -3.11. The molecule has 0 bridgehead atoms. The molecule has 35 heavy (non-hydrogen) atoms. The number of carbonyl (C=O) groups is 1. The number of aromatic nitrogens is 1. The summed E-state index contributed by atoms with van der Waals surface area (Å²) in [6, 6.07) is 16.0. The number of benzene rings is 2. The van der Waals surface area contributed by atoms with Gasteiger partial charge in [0.05, 0.1) is 23.4 Å². The van der Waals surface area contributed by atoms with Crippen LogP contribution in [0.15, 0.2) is 48.5 Å². The van der Waals surface area contributed by atoms with Crippen LogP contribution in [0.1, 0.15) is 51.3 Å². The largest absolute Gasteiger partial charge is 0.471 e. The molecule has 4 rings (SSSR count). The minimum Gasteiger partial charge on any atom is -0.471 e. The number of ether oxygens (including phenoxy) is 1. The number of fused-ring (bicyclic) bond motifs is 1. The number of rotatable bonds is 4. The Morgan fingerprint density at radius 1 is 1.14 bits per heavy atom. The highest BCUT2D eigenvalue weighted by Gasteiger charge is 2.38. The molecule has 180 valence electrons. The number of nitriles is 1. The molecule has 0 fully saturated rings. The summed E-state index contributed by atoms with van der Waals surface area (Å²) in [5.74, 6) is -0.137. The monoisotopic (exact) mass is 509 g/mol. The highest BCUT2D eigenvalue weighted by molar-refractivity contribution is 6.31. The number of amides is 1. The lowest BCUT2D eigenvalue weighted by molar-refractivity contribution is -0.137. The van der Waals surface area contributed by atoms with E-state index < -0.39 is 23.2 Å². The molecule has 0 spiro atoms. The second-order valence-electron chi connectivity index (χ2n) is 9.74. The third kappa shape index (κ3) is 5.28. The molecular formula is C27H25Cl2N3O3. The zero-order valence-electron chi connectivity index (χ0n) is 19.8. The maximum atomic E-state index is 12.7. The first-order valence-corrected chi connectivity index (χ1v) is 11.9. The van der Waals surface area contributed by atoms with Gasteiger partial charge in [-0.15, -0.1) is 0 Å². The fraction of sp³-hybridized carbons (Fsp3) is 0.296. The molecule has 1 amide bonds. The molecule has 1 atom stereocenters. The van der Waals surface area contributed by atoms with Crippen LogP contribution in [0.2, 0.25) is 10.0 Å². The summed E-state index contributed by atoms with van der Waals surface area (Å²) < 4.78 is 6.23. The summed E-state index contributed by atoms with van der Waals surface area (Å²) in [5.41, 5.74) is 1.61. The van der Waals surface area contributed by atoms with Gasteiger partial charge in [-0.1, -0.05) is 35.3 Å². The Balaban J connectivity index is 1.96. The van der Waals surface area contributed by atoms with Crippen molar-refractivity contribution in [1.29, 1.82) is 5.26 Å². The van der Waals surface area contributed by atoms with E-state index in [4.69, 9.17) is 32.9 Å². The number of hydrogen-bond acceptors (Lipinski definition) is 5. The molecule has 0 aliphatic carbocycles. The maximum Gasteiger partial charge on any atom is 0.251 e. The van der Waals surface area contributed by atoms with Crippen LogP contribution in [0.25, 0.3) is 22.4 Å². The molecule has 0 radical (unpaired) electrons. The Labute approximate surface area is 214 Å². The predicted molar refractivity (Wildman–Crippen MR) is 136 cm³/mol. The summed E-state index contributed by atoms with van der Waals surface area (Å²) in [6.07, 6.45) is 0.479. The van der Waals surface area contributed by atoms with E-state index >= 15 is 0 Å². The molecular weight excluding hydrogens is 485 g/mol. The molecule has 1 aromatic heterocycles. The van der Waals surface area contributed by atoms with Gasteiger partial charge < -0.3 is 15.2 Å². The number of pyridine rings is 1. The summed E-state index contributed by atoms with van der Waals surface area (Å²) in [7, 11) is 0. The molecule has 1 unspecified atom stereocenters. The first-order valence-electron chi connectivity index (χ1n) is 11.1. The molecule has 1 aliphatic heterocycles. The molecule has 6 nitrogen and oxygen atoms in total. The molecule has 2 aromatic carbocycles. The average molecular weight is 510 g/mol. The molecule has 0 saturated carbocycles. The van der Waals surface area contributed by atoms with Gasteiger partial charge >= 0.3 is 0 Å². The van der Waals surface area contributed by atoms with E-state index in [1.807, 2.05) is 32.0 Å². The highest BCUT2D eigenvalue weighted by Crippen LogP contribution is 2.44. The lowest BCUT2D eigenvalue weighted by atomic mass is 9.87.